The zero-order valence-corrected chi connectivity index (χ0v) is 20.9. The molecule has 0 bridgehead atoms. The zero-order valence-electron chi connectivity index (χ0n) is 19.4. The van der Waals surface area contributed by atoms with Gasteiger partial charge in [-0.05, 0) is 55.7 Å². The van der Waals surface area contributed by atoms with Crippen molar-refractivity contribution in [2.45, 2.75) is 44.2 Å². The number of fused-ring (bicyclic) bond motifs is 1. The number of halogens is 2. The monoisotopic (exact) mass is 517 g/mol. The molecule has 1 aliphatic carbocycles. The van der Waals surface area contributed by atoms with Gasteiger partial charge in [0.1, 0.15) is 12.1 Å². The molecule has 35 heavy (non-hydrogen) atoms. The zero-order chi connectivity index (χ0) is 24.7. The summed E-state index contributed by atoms with van der Waals surface area (Å²) in [4.78, 5) is 42.7. The van der Waals surface area contributed by atoms with Gasteiger partial charge in [-0.15, -0.1) is 0 Å². The maximum atomic E-state index is 13.5. The van der Waals surface area contributed by atoms with Crippen LogP contribution in [0.5, 0.6) is 0 Å². The number of nitrogens with zero attached hydrogens (tertiary/aromatic N) is 3. The Hall–Kier alpha value is -2.50. The molecule has 5 rings (SSSR count). The van der Waals surface area contributed by atoms with Gasteiger partial charge in [0, 0.05) is 37.1 Å². The minimum atomic E-state index is -0.750. The molecule has 0 radical (unpaired) electrons. The van der Waals surface area contributed by atoms with Crippen LogP contribution >= 0.6 is 23.2 Å². The molecule has 1 aromatic carbocycles. The number of nitriles is 1. The minimum absolute atomic E-state index is 0.00966. The molecule has 3 amide bonds. The van der Waals surface area contributed by atoms with E-state index in [9.17, 15) is 19.6 Å². The predicted molar refractivity (Wildman–Crippen MR) is 132 cm³/mol. The van der Waals surface area contributed by atoms with E-state index in [1.165, 1.54) is 0 Å². The van der Waals surface area contributed by atoms with E-state index in [0.717, 1.165) is 24.9 Å². The molecule has 4 fully saturated rings. The Kier molecular flexibility index (Phi) is 6.82. The van der Waals surface area contributed by atoms with Crippen LogP contribution in [0.25, 0.3) is 0 Å². The Morgan fingerprint density at radius 1 is 1.20 bits per heavy atom. The summed E-state index contributed by atoms with van der Waals surface area (Å²) in [6.45, 7) is 2.27. The van der Waals surface area contributed by atoms with Crippen LogP contribution in [0.1, 0.15) is 32.1 Å². The molecule has 0 aromatic heterocycles. The molecule has 1 saturated carbocycles. The number of amides is 3. The highest BCUT2D eigenvalue weighted by atomic mass is 35.5. The Morgan fingerprint density at radius 3 is 2.69 bits per heavy atom. The third kappa shape index (κ3) is 4.68. The van der Waals surface area contributed by atoms with E-state index < -0.39 is 12.1 Å². The third-order valence-corrected chi connectivity index (χ3v) is 8.62. The topological polar surface area (TPSA) is 106 Å². The summed E-state index contributed by atoms with van der Waals surface area (Å²) in [7, 11) is 0. The van der Waals surface area contributed by atoms with Crippen LogP contribution in [0.3, 0.4) is 0 Å². The largest absolute Gasteiger partial charge is 0.369 e. The van der Waals surface area contributed by atoms with Crippen molar-refractivity contribution >= 4 is 46.6 Å². The number of carbonyl (C=O) groups excluding carboxylic acids is 3. The summed E-state index contributed by atoms with van der Waals surface area (Å²) >= 11 is 12.3. The Labute approximate surface area is 214 Å². The molecule has 0 spiro atoms. The van der Waals surface area contributed by atoms with E-state index in [1.807, 2.05) is 11.0 Å². The summed E-state index contributed by atoms with van der Waals surface area (Å²) in [5.41, 5.74) is 0.848. The summed E-state index contributed by atoms with van der Waals surface area (Å²) in [6, 6.07) is 6.16. The van der Waals surface area contributed by atoms with Crippen LogP contribution in [0.15, 0.2) is 18.2 Å². The van der Waals surface area contributed by atoms with Crippen molar-refractivity contribution < 1.29 is 14.4 Å². The van der Waals surface area contributed by atoms with Crippen LogP contribution in [-0.2, 0) is 14.4 Å². The van der Waals surface area contributed by atoms with Gasteiger partial charge in [-0.2, -0.15) is 5.26 Å². The normalized spacial score (nSPS) is 28.8. The number of anilines is 1. The lowest BCUT2D eigenvalue weighted by Crippen LogP contribution is -2.58. The predicted octanol–water partition coefficient (Wildman–Crippen LogP) is 2.59. The van der Waals surface area contributed by atoms with Gasteiger partial charge in [-0.25, -0.2) is 0 Å². The Morgan fingerprint density at radius 2 is 2.00 bits per heavy atom. The number of likely N-dealkylation sites (tertiary alicyclic amines) is 1. The first kappa shape index (κ1) is 24.2. The molecular weight excluding hydrogens is 489 g/mol. The third-order valence-electron chi connectivity index (χ3n) is 8.08. The van der Waals surface area contributed by atoms with Crippen molar-refractivity contribution in [3.05, 3.63) is 28.2 Å². The van der Waals surface area contributed by atoms with Crippen LogP contribution in [-0.4, -0.2) is 60.9 Å². The van der Waals surface area contributed by atoms with E-state index in [0.29, 0.717) is 55.0 Å². The Bertz CT molecular complexity index is 1070. The molecule has 3 saturated heterocycles. The van der Waals surface area contributed by atoms with Crippen LogP contribution in [0, 0.1) is 35.0 Å². The molecular formula is C25H29Cl2N5O3. The summed E-state index contributed by atoms with van der Waals surface area (Å²) < 4.78 is 0. The first-order chi connectivity index (χ1) is 16.9. The molecule has 10 heteroatoms. The minimum Gasteiger partial charge on any atom is -0.369 e. The summed E-state index contributed by atoms with van der Waals surface area (Å²) in [5.74, 6) is -0.374. The maximum Gasteiger partial charge on any atom is 0.244 e. The van der Waals surface area contributed by atoms with E-state index in [-0.39, 0.29) is 35.5 Å². The molecule has 186 valence electrons. The molecule has 2 N–H and O–H groups in total. The number of hydrogen-bond donors (Lipinski definition) is 2. The van der Waals surface area contributed by atoms with Gasteiger partial charge in [0.2, 0.25) is 17.7 Å². The lowest BCUT2D eigenvalue weighted by molar-refractivity contribution is -0.143. The number of nitrogens with one attached hydrogen (secondary N) is 2. The number of carbonyl (C=O) groups is 3. The maximum absolute atomic E-state index is 13.5. The van der Waals surface area contributed by atoms with Crippen molar-refractivity contribution in [2.24, 2.45) is 23.7 Å². The van der Waals surface area contributed by atoms with Gasteiger partial charge in [-0.3, -0.25) is 14.4 Å². The van der Waals surface area contributed by atoms with Crippen LogP contribution < -0.4 is 15.5 Å². The first-order valence-electron chi connectivity index (χ1n) is 12.3. The molecule has 1 aromatic rings. The highest BCUT2D eigenvalue weighted by Gasteiger charge is 2.51. The second-order valence-electron chi connectivity index (χ2n) is 10.2. The smallest absolute Gasteiger partial charge is 0.244 e. The molecule has 8 nitrogen and oxygen atoms in total. The molecule has 3 heterocycles. The lowest BCUT2D eigenvalue weighted by atomic mass is 9.92. The number of benzene rings is 1. The average Bonchev–Trinajstić information content (AvgIpc) is 3.49. The van der Waals surface area contributed by atoms with Crippen molar-refractivity contribution in [3.63, 3.8) is 0 Å². The second kappa shape index (κ2) is 9.87. The van der Waals surface area contributed by atoms with Crippen molar-refractivity contribution in [2.75, 3.05) is 31.1 Å². The van der Waals surface area contributed by atoms with E-state index in [1.54, 1.807) is 17.0 Å². The molecule has 4 aliphatic rings. The van der Waals surface area contributed by atoms with Crippen LogP contribution in [0.2, 0.25) is 10.0 Å². The summed E-state index contributed by atoms with van der Waals surface area (Å²) in [6.07, 6.45) is 3.94. The van der Waals surface area contributed by atoms with Gasteiger partial charge >= 0.3 is 0 Å². The fourth-order valence-electron chi connectivity index (χ4n) is 6.23. The fourth-order valence-corrected chi connectivity index (χ4v) is 6.76. The number of hydrogen-bond acceptors (Lipinski definition) is 5. The first-order valence-corrected chi connectivity index (χ1v) is 13.1. The standard InChI is InChI=1S/C25H29Cl2N5O3/c26-17-4-5-21(20(27)9-17)31-11-16(12-31)25(35)32-13-15-2-1-3-19(15)22(32)24(34)30-18(10-28)8-14-6-7-29-23(14)33/h4-5,9,14-16,18-19,22H,1-3,6-8,11-13H2,(H,29,33)(H,30,34)/t14-,15?,18?,19?,22-/m0/s1. The molecule has 3 aliphatic heterocycles. The summed E-state index contributed by atoms with van der Waals surface area (Å²) in [5, 5.41) is 16.4. The molecule has 5 atom stereocenters. The quantitative estimate of drug-likeness (QED) is 0.603. The van der Waals surface area contributed by atoms with E-state index >= 15 is 0 Å². The average molecular weight is 518 g/mol. The van der Waals surface area contributed by atoms with Crippen molar-refractivity contribution in [1.29, 1.82) is 5.26 Å². The van der Waals surface area contributed by atoms with E-state index in [4.69, 9.17) is 23.2 Å². The van der Waals surface area contributed by atoms with Gasteiger partial charge in [0.15, 0.2) is 0 Å². The SMILES string of the molecule is N#CC(C[C@@H]1CCNC1=O)NC(=O)[C@@H]1C2CCCC2CN1C(=O)C1CN(c2ccc(Cl)cc2Cl)C1. The Balaban J connectivity index is 1.25. The number of rotatable bonds is 6. The van der Waals surface area contributed by atoms with Gasteiger partial charge in [-0.1, -0.05) is 29.6 Å². The van der Waals surface area contributed by atoms with E-state index in [2.05, 4.69) is 16.7 Å². The fraction of sp³-hybridized carbons (Fsp3) is 0.600. The highest BCUT2D eigenvalue weighted by molar-refractivity contribution is 6.36. The van der Waals surface area contributed by atoms with Gasteiger partial charge in [0.05, 0.1) is 22.7 Å². The van der Waals surface area contributed by atoms with Crippen molar-refractivity contribution in [1.82, 2.24) is 15.5 Å². The van der Waals surface area contributed by atoms with Crippen molar-refractivity contribution in [3.8, 4) is 6.07 Å². The second-order valence-corrected chi connectivity index (χ2v) is 11.0. The van der Waals surface area contributed by atoms with Crippen LogP contribution in [0.4, 0.5) is 5.69 Å². The highest BCUT2D eigenvalue weighted by Crippen LogP contribution is 2.43. The van der Waals surface area contributed by atoms with Gasteiger partial charge < -0.3 is 20.4 Å². The molecule has 3 unspecified atom stereocenters. The van der Waals surface area contributed by atoms with Gasteiger partial charge in [0.25, 0.3) is 0 Å². The lowest BCUT2D eigenvalue weighted by Gasteiger charge is -2.43.